The molecule has 11 heteroatoms. The van der Waals surface area contributed by atoms with Gasteiger partial charge in [0.25, 0.3) is 0 Å². The van der Waals surface area contributed by atoms with Crippen molar-refractivity contribution in [2.24, 2.45) is 11.8 Å². The fourth-order valence-corrected chi connectivity index (χ4v) is 5.30. The van der Waals surface area contributed by atoms with Gasteiger partial charge in [0.05, 0.1) is 18.4 Å². The van der Waals surface area contributed by atoms with E-state index in [0.29, 0.717) is 62.7 Å². The number of piperidine rings is 2. The van der Waals surface area contributed by atoms with E-state index in [1.54, 1.807) is 34.1 Å². The maximum Gasteiger partial charge on any atom is 0.410 e. The van der Waals surface area contributed by atoms with Gasteiger partial charge in [-0.2, -0.15) is 0 Å². The van der Waals surface area contributed by atoms with Gasteiger partial charge in [-0.25, -0.2) is 9.18 Å². The van der Waals surface area contributed by atoms with E-state index in [9.17, 15) is 28.7 Å². The lowest BCUT2D eigenvalue weighted by atomic mass is 9.91. The third-order valence-corrected chi connectivity index (χ3v) is 7.50. The predicted molar refractivity (Wildman–Crippen MR) is 150 cm³/mol. The number of benzene rings is 1. The quantitative estimate of drug-likeness (QED) is 0.402. The largest absolute Gasteiger partial charge is 0.491 e. The molecule has 1 aromatic carbocycles. The molecule has 3 rings (SSSR count). The van der Waals surface area contributed by atoms with E-state index in [1.807, 2.05) is 20.8 Å². The molecule has 2 saturated heterocycles. The molecule has 2 aliphatic heterocycles. The van der Waals surface area contributed by atoms with Crippen molar-refractivity contribution < 1.29 is 38.1 Å². The van der Waals surface area contributed by atoms with Crippen LogP contribution in [-0.2, 0) is 19.1 Å². The number of alkyl halides is 1. The summed E-state index contributed by atoms with van der Waals surface area (Å²) in [5, 5.41) is 12.3. The second kappa shape index (κ2) is 15.0. The van der Waals surface area contributed by atoms with Crippen LogP contribution in [0.2, 0.25) is 0 Å². The van der Waals surface area contributed by atoms with Crippen LogP contribution in [0.3, 0.4) is 0 Å². The highest BCUT2D eigenvalue weighted by molar-refractivity contribution is 5.82. The van der Waals surface area contributed by atoms with Crippen molar-refractivity contribution in [1.82, 2.24) is 15.1 Å². The van der Waals surface area contributed by atoms with Crippen molar-refractivity contribution in [3.63, 3.8) is 0 Å². The van der Waals surface area contributed by atoms with E-state index in [-0.39, 0.29) is 30.9 Å². The first-order valence-electron chi connectivity index (χ1n) is 14.5. The molecular weight excluding hydrogens is 532 g/mol. The molecule has 0 aliphatic carbocycles. The van der Waals surface area contributed by atoms with Crippen molar-refractivity contribution in [2.45, 2.75) is 77.4 Å². The van der Waals surface area contributed by atoms with Gasteiger partial charge in [-0.3, -0.25) is 14.4 Å². The number of halogens is 1. The van der Waals surface area contributed by atoms with Gasteiger partial charge >= 0.3 is 12.1 Å². The zero-order valence-corrected chi connectivity index (χ0v) is 24.4. The second-order valence-electron chi connectivity index (χ2n) is 11.9. The molecule has 2 aliphatic rings. The van der Waals surface area contributed by atoms with Gasteiger partial charge in [0.15, 0.2) is 0 Å². The molecule has 1 aromatic rings. The van der Waals surface area contributed by atoms with Crippen LogP contribution in [0.15, 0.2) is 24.3 Å². The summed E-state index contributed by atoms with van der Waals surface area (Å²) in [6.45, 7) is 6.98. The Morgan fingerprint density at radius 2 is 1.73 bits per heavy atom. The molecule has 0 saturated carbocycles. The Kier molecular flexibility index (Phi) is 11.8. The summed E-state index contributed by atoms with van der Waals surface area (Å²) in [4.78, 5) is 53.5. The number of aliphatic carboxylic acids is 1. The Labute approximate surface area is 241 Å². The first-order valence-corrected chi connectivity index (χ1v) is 14.5. The monoisotopic (exact) mass is 576 g/mol. The summed E-state index contributed by atoms with van der Waals surface area (Å²) in [7, 11) is 0. The Morgan fingerprint density at radius 3 is 2.34 bits per heavy atom. The molecule has 10 nitrogen and oxygen atoms in total. The van der Waals surface area contributed by atoms with Gasteiger partial charge in [0.1, 0.15) is 24.6 Å². The second-order valence-corrected chi connectivity index (χ2v) is 11.9. The smallest absolute Gasteiger partial charge is 0.410 e. The van der Waals surface area contributed by atoms with Gasteiger partial charge in [0.2, 0.25) is 11.8 Å². The Morgan fingerprint density at radius 1 is 1.05 bits per heavy atom. The molecule has 0 bridgehead atoms. The molecule has 2 fully saturated rings. The number of likely N-dealkylation sites (tertiary alicyclic amines) is 2. The average Bonchev–Trinajstić information content (AvgIpc) is 2.94. The normalized spacial score (nSPS) is 18.9. The maximum absolute atomic E-state index is 13.2. The van der Waals surface area contributed by atoms with Crippen molar-refractivity contribution in [3.8, 4) is 5.75 Å². The van der Waals surface area contributed by atoms with E-state index in [1.165, 1.54) is 0 Å². The number of hydrogen-bond donors (Lipinski definition) is 2. The van der Waals surface area contributed by atoms with Crippen LogP contribution in [0.4, 0.5) is 9.18 Å². The van der Waals surface area contributed by atoms with Crippen molar-refractivity contribution in [1.29, 1.82) is 0 Å². The molecule has 2 atom stereocenters. The zero-order chi connectivity index (χ0) is 30.0. The topological polar surface area (TPSA) is 125 Å². The number of amides is 3. The van der Waals surface area contributed by atoms with Crippen LogP contribution in [0.25, 0.3) is 0 Å². The van der Waals surface area contributed by atoms with E-state index in [2.05, 4.69) is 5.32 Å². The lowest BCUT2D eigenvalue weighted by Crippen LogP contribution is -2.46. The van der Waals surface area contributed by atoms with Crippen LogP contribution in [-0.4, -0.2) is 83.8 Å². The molecule has 2 heterocycles. The van der Waals surface area contributed by atoms with Crippen LogP contribution in [0.1, 0.15) is 77.3 Å². The third kappa shape index (κ3) is 10.5. The van der Waals surface area contributed by atoms with Crippen molar-refractivity contribution in [3.05, 3.63) is 29.8 Å². The number of carbonyl (C=O) groups is 4. The van der Waals surface area contributed by atoms with E-state index >= 15 is 0 Å². The predicted octanol–water partition coefficient (Wildman–Crippen LogP) is 4.33. The Hall–Kier alpha value is -3.37. The SMILES string of the molecule is CC(C)(C)OC(=O)N1CCC(CCC(=O)N2CCC[C@@H](C(=O)NC(CC(=O)O)c3ccc(OCC[18F])cc3)C2)CC1. The number of carboxylic acids is 1. The third-order valence-electron chi connectivity index (χ3n) is 7.50. The number of carboxylic acid groups (broad SMARTS) is 1. The Bertz CT molecular complexity index is 1040. The number of nitrogens with zero attached hydrogens (tertiary/aromatic N) is 2. The van der Waals surface area contributed by atoms with Crippen LogP contribution in [0.5, 0.6) is 5.75 Å². The van der Waals surface area contributed by atoms with Gasteiger partial charge in [-0.15, -0.1) is 0 Å². The summed E-state index contributed by atoms with van der Waals surface area (Å²) >= 11 is 0. The minimum absolute atomic E-state index is 0.0167. The fraction of sp³-hybridized carbons (Fsp3) is 0.667. The molecule has 2 N–H and O–H groups in total. The van der Waals surface area contributed by atoms with E-state index in [4.69, 9.17) is 9.47 Å². The van der Waals surface area contributed by atoms with Gasteiger partial charge in [-0.1, -0.05) is 12.1 Å². The minimum Gasteiger partial charge on any atom is -0.491 e. The number of carbonyl (C=O) groups excluding carboxylic acids is 3. The lowest BCUT2D eigenvalue weighted by molar-refractivity contribution is -0.138. The number of ether oxygens (including phenoxy) is 2. The van der Waals surface area contributed by atoms with Crippen LogP contribution in [0, 0.1) is 11.8 Å². The molecule has 0 radical (unpaired) electrons. The number of hydrogen-bond acceptors (Lipinski definition) is 6. The highest BCUT2D eigenvalue weighted by Crippen LogP contribution is 2.26. The lowest BCUT2D eigenvalue weighted by Gasteiger charge is -2.35. The molecule has 0 aromatic heterocycles. The molecule has 3 amide bonds. The standard InChI is InChI=1S/C30H44FN3O7/c1-30(2,3)41-29(39)33-16-12-21(13-17-33)6-11-26(35)34-15-4-5-23(20-34)28(38)32-25(19-27(36)37)22-7-9-24(10-8-22)40-18-14-31/h7-10,21,23,25H,4-6,11-20H2,1-3H3,(H,32,38)(H,36,37)/t23-,25?/m1/s1/i31-1. The zero-order valence-electron chi connectivity index (χ0n) is 24.4. The number of rotatable bonds is 11. The summed E-state index contributed by atoms with van der Waals surface area (Å²) in [5.41, 5.74) is 0.0777. The Balaban J connectivity index is 1.48. The van der Waals surface area contributed by atoms with Crippen molar-refractivity contribution >= 4 is 23.9 Å². The van der Waals surface area contributed by atoms with Gasteiger partial charge < -0.3 is 29.7 Å². The van der Waals surface area contributed by atoms with Crippen molar-refractivity contribution in [2.75, 3.05) is 39.5 Å². The average molecular weight is 577 g/mol. The first-order chi connectivity index (χ1) is 19.4. The fourth-order valence-electron chi connectivity index (χ4n) is 5.30. The summed E-state index contributed by atoms with van der Waals surface area (Å²) in [6, 6.07) is 5.82. The highest BCUT2D eigenvalue weighted by Gasteiger charge is 2.31. The summed E-state index contributed by atoms with van der Waals surface area (Å²) in [6.07, 6.45) is 3.51. The van der Waals surface area contributed by atoms with E-state index in [0.717, 1.165) is 19.3 Å². The minimum atomic E-state index is -1.05. The first kappa shape index (κ1) is 32.1. The van der Waals surface area contributed by atoms with Crippen LogP contribution < -0.4 is 10.1 Å². The van der Waals surface area contributed by atoms with Gasteiger partial charge in [-0.05, 0) is 76.5 Å². The molecule has 0 spiro atoms. The molecule has 41 heavy (non-hydrogen) atoms. The highest BCUT2D eigenvalue weighted by atomic mass is 18.2. The molecular formula is C30H44FN3O7. The maximum atomic E-state index is 13.2. The molecule has 1 unspecified atom stereocenters. The summed E-state index contributed by atoms with van der Waals surface area (Å²) in [5.74, 6) is -0.920. The van der Waals surface area contributed by atoms with Gasteiger partial charge in [0, 0.05) is 32.6 Å². The number of nitrogens with one attached hydrogen (secondary N) is 1. The van der Waals surface area contributed by atoms with E-state index < -0.39 is 30.2 Å². The summed E-state index contributed by atoms with van der Waals surface area (Å²) < 4.78 is 23.0. The molecule has 228 valence electrons. The van der Waals surface area contributed by atoms with Crippen LogP contribution >= 0.6 is 0 Å².